The van der Waals surface area contributed by atoms with Gasteiger partial charge in [-0.15, -0.1) is 0 Å². The highest BCUT2D eigenvalue weighted by molar-refractivity contribution is 6.31. The van der Waals surface area contributed by atoms with Crippen molar-refractivity contribution in [1.82, 2.24) is 4.90 Å². The van der Waals surface area contributed by atoms with Crippen LogP contribution < -0.4 is 9.80 Å². The van der Waals surface area contributed by atoms with Gasteiger partial charge in [-0.05, 0) is 55.0 Å². The lowest BCUT2D eigenvalue weighted by atomic mass is 10.1. The molecule has 5 rings (SSSR count). The Morgan fingerprint density at radius 3 is 2.32 bits per heavy atom. The summed E-state index contributed by atoms with van der Waals surface area (Å²) in [4.78, 5) is 11.8. The van der Waals surface area contributed by atoms with E-state index in [0.717, 1.165) is 70.4 Å². The van der Waals surface area contributed by atoms with Crippen LogP contribution in [0.1, 0.15) is 11.1 Å². The molecular weight excluding hydrogens is 427 g/mol. The molecule has 31 heavy (non-hydrogen) atoms. The Hall–Kier alpha value is -2.69. The quantitative estimate of drug-likeness (QED) is 0.478. The third kappa shape index (κ3) is 4.10. The number of anilines is 2. The van der Waals surface area contributed by atoms with Gasteiger partial charge in [-0.3, -0.25) is 4.90 Å². The van der Waals surface area contributed by atoms with Crippen LogP contribution in [0.4, 0.5) is 17.1 Å². The summed E-state index contributed by atoms with van der Waals surface area (Å²) in [5, 5.41) is 1.49. The topological polar surface area (TPSA) is 22.1 Å². The molecular formula is C25H22Cl2N4. The zero-order valence-electron chi connectivity index (χ0n) is 17.2. The first-order valence-electron chi connectivity index (χ1n) is 10.3. The number of fused-ring (bicyclic) bond motifs is 1. The van der Waals surface area contributed by atoms with Crippen molar-refractivity contribution in [3.63, 3.8) is 0 Å². The van der Waals surface area contributed by atoms with E-state index in [4.69, 9.17) is 28.2 Å². The minimum Gasteiger partial charge on any atom is -0.368 e. The number of benzene rings is 3. The first-order valence-corrected chi connectivity index (χ1v) is 11.1. The van der Waals surface area contributed by atoms with Crippen LogP contribution >= 0.6 is 23.2 Å². The zero-order chi connectivity index (χ0) is 21.4. The first kappa shape index (κ1) is 20.2. The number of guanidine groups is 1. The molecule has 0 spiro atoms. The number of nitrogens with zero attached hydrogens (tertiary/aromatic N) is 4. The lowest BCUT2D eigenvalue weighted by molar-refractivity contribution is 0.380. The lowest BCUT2D eigenvalue weighted by Gasteiger charge is -2.42. The molecule has 0 saturated carbocycles. The third-order valence-electron chi connectivity index (χ3n) is 5.69. The number of piperazine rings is 1. The normalized spacial score (nSPS) is 16.2. The number of para-hydroxylation sites is 1. The van der Waals surface area contributed by atoms with E-state index in [2.05, 4.69) is 34.2 Å². The number of hydrogen-bond acceptors (Lipinski definition) is 4. The van der Waals surface area contributed by atoms with E-state index in [1.54, 1.807) is 0 Å². The van der Waals surface area contributed by atoms with Crippen molar-refractivity contribution in [2.24, 2.45) is 4.99 Å². The van der Waals surface area contributed by atoms with Crippen LogP contribution in [0, 0.1) is 13.5 Å². The molecule has 0 aliphatic carbocycles. The highest BCUT2D eigenvalue weighted by Gasteiger charge is 2.30. The molecule has 0 unspecified atom stereocenters. The summed E-state index contributed by atoms with van der Waals surface area (Å²) in [6, 6.07) is 22.1. The van der Waals surface area contributed by atoms with Gasteiger partial charge in [0.05, 0.1) is 5.69 Å². The van der Waals surface area contributed by atoms with E-state index in [1.165, 1.54) is 0 Å². The summed E-state index contributed by atoms with van der Waals surface area (Å²) in [6.07, 6.45) is 0. The fourth-order valence-electron chi connectivity index (χ4n) is 4.08. The molecule has 156 valence electrons. The Balaban J connectivity index is 1.44. The molecule has 4 nitrogen and oxygen atoms in total. The van der Waals surface area contributed by atoms with Gasteiger partial charge in [0.25, 0.3) is 0 Å². The molecule has 0 aromatic heterocycles. The van der Waals surface area contributed by atoms with Crippen molar-refractivity contribution in [2.45, 2.75) is 6.92 Å². The van der Waals surface area contributed by atoms with Crippen molar-refractivity contribution in [3.8, 4) is 0 Å². The maximum Gasteiger partial charge on any atom is 0.207 e. The minimum absolute atomic E-state index is 0.729. The standard InChI is InChI=1S/C25H22Cl2N4/c1-18-15-21(27)9-10-24(18)31-17-19-5-2-3-8-23(19)28-25(31)30-13-11-29(12-14-30)22-7-4-6-20(26)16-22/h2-10,15-16H,11-14H2,1H3. The third-order valence-corrected chi connectivity index (χ3v) is 6.16. The summed E-state index contributed by atoms with van der Waals surface area (Å²) >= 11 is 12.4. The van der Waals surface area contributed by atoms with Crippen LogP contribution in [0.3, 0.4) is 0 Å². The molecule has 2 aliphatic heterocycles. The Labute approximate surface area is 193 Å². The van der Waals surface area contributed by atoms with Crippen LogP contribution in [0.15, 0.2) is 71.7 Å². The second-order valence-corrected chi connectivity index (χ2v) is 8.63. The van der Waals surface area contributed by atoms with Gasteiger partial charge in [-0.25, -0.2) is 4.99 Å². The molecule has 1 saturated heterocycles. The lowest BCUT2D eigenvalue weighted by Crippen LogP contribution is -2.54. The SMILES string of the molecule is Cc1cc(Cl)ccc1N1[C]c2ccccc2N=C1N1CCN(c2cccc(Cl)c2)CC1. The number of hydrogen-bond donors (Lipinski definition) is 0. The molecule has 1 fully saturated rings. The van der Waals surface area contributed by atoms with Crippen LogP contribution in [-0.2, 0) is 0 Å². The Bertz CT molecular complexity index is 1140. The Kier molecular flexibility index (Phi) is 5.51. The van der Waals surface area contributed by atoms with Crippen LogP contribution in [0.5, 0.6) is 0 Å². The summed E-state index contributed by atoms with van der Waals surface area (Å²) in [5.74, 6) is 0.898. The van der Waals surface area contributed by atoms with E-state index in [0.29, 0.717) is 0 Å². The number of aryl methyl sites for hydroxylation is 1. The van der Waals surface area contributed by atoms with Crippen LogP contribution in [-0.4, -0.2) is 37.0 Å². The molecule has 2 aliphatic rings. The molecule has 0 N–H and O–H groups in total. The van der Waals surface area contributed by atoms with E-state index in [1.807, 2.05) is 60.7 Å². The molecule has 0 atom stereocenters. The van der Waals surface area contributed by atoms with Gasteiger partial charge in [0.1, 0.15) is 6.54 Å². The molecule has 3 aromatic carbocycles. The Morgan fingerprint density at radius 1 is 0.806 bits per heavy atom. The van der Waals surface area contributed by atoms with Gasteiger partial charge in [0.2, 0.25) is 5.96 Å². The summed E-state index contributed by atoms with van der Waals surface area (Å²) in [5.41, 5.74) is 5.21. The number of rotatable bonds is 2. The van der Waals surface area contributed by atoms with Crippen molar-refractivity contribution in [2.75, 3.05) is 36.0 Å². The molecule has 6 heteroatoms. The van der Waals surface area contributed by atoms with Gasteiger partial charge >= 0.3 is 0 Å². The van der Waals surface area contributed by atoms with Gasteiger partial charge in [-0.1, -0.05) is 47.5 Å². The highest BCUT2D eigenvalue weighted by Crippen LogP contribution is 2.34. The van der Waals surface area contributed by atoms with Crippen molar-refractivity contribution in [3.05, 3.63) is 94.4 Å². The molecule has 0 bridgehead atoms. The molecule has 2 radical (unpaired) electrons. The second-order valence-electron chi connectivity index (χ2n) is 7.76. The van der Waals surface area contributed by atoms with E-state index >= 15 is 0 Å². The van der Waals surface area contributed by atoms with Gasteiger partial charge in [0, 0.05) is 53.2 Å². The van der Waals surface area contributed by atoms with Crippen LogP contribution in [0.2, 0.25) is 10.0 Å². The number of aliphatic imine (C=N–C) groups is 1. The minimum atomic E-state index is 0.729. The number of halogens is 2. The first-order chi connectivity index (χ1) is 15.1. The van der Waals surface area contributed by atoms with Gasteiger partial charge in [0.15, 0.2) is 0 Å². The predicted octanol–water partition coefficient (Wildman–Crippen LogP) is 6.02. The second kappa shape index (κ2) is 8.45. The zero-order valence-corrected chi connectivity index (χ0v) is 18.7. The van der Waals surface area contributed by atoms with Crippen molar-refractivity contribution in [1.29, 1.82) is 0 Å². The predicted molar refractivity (Wildman–Crippen MR) is 130 cm³/mol. The fourth-order valence-corrected chi connectivity index (χ4v) is 4.49. The average molecular weight is 449 g/mol. The van der Waals surface area contributed by atoms with Gasteiger partial charge < -0.3 is 9.80 Å². The highest BCUT2D eigenvalue weighted by atomic mass is 35.5. The maximum atomic E-state index is 6.21. The smallest absolute Gasteiger partial charge is 0.207 e. The average Bonchev–Trinajstić information content (AvgIpc) is 2.78. The molecule has 0 amide bonds. The summed E-state index contributed by atoms with van der Waals surface area (Å²) in [7, 11) is 0. The molecule has 3 aromatic rings. The van der Waals surface area contributed by atoms with Crippen molar-refractivity contribution >= 4 is 46.2 Å². The summed E-state index contributed by atoms with van der Waals surface area (Å²) in [6.45, 7) is 9.14. The largest absolute Gasteiger partial charge is 0.368 e. The van der Waals surface area contributed by atoms with E-state index in [9.17, 15) is 0 Å². The van der Waals surface area contributed by atoms with Crippen LogP contribution in [0.25, 0.3) is 0 Å². The van der Waals surface area contributed by atoms with E-state index in [-0.39, 0.29) is 0 Å². The fraction of sp³-hybridized carbons (Fsp3) is 0.200. The summed E-state index contributed by atoms with van der Waals surface area (Å²) < 4.78 is 0. The monoisotopic (exact) mass is 448 g/mol. The van der Waals surface area contributed by atoms with Gasteiger partial charge in [-0.2, -0.15) is 0 Å². The molecule has 2 heterocycles. The van der Waals surface area contributed by atoms with E-state index < -0.39 is 0 Å². The van der Waals surface area contributed by atoms with Crippen molar-refractivity contribution < 1.29 is 0 Å². The maximum absolute atomic E-state index is 6.21. The Morgan fingerprint density at radius 2 is 1.55 bits per heavy atom.